The van der Waals surface area contributed by atoms with Crippen LogP contribution in [0, 0.1) is 6.92 Å². The van der Waals surface area contributed by atoms with Crippen LogP contribution in [0.15, 0.2) is 48.5 Å². The highest BCUT2D eigenvalue weighted by Crippen LogP contribution is 2.04. The van der Waals surface area contributed by atoms with Crippen LogP contribution in [0.2, 0.25) is 0 Å². The third-order valence-corrected chi connectivity index (χ3v) is 3.10. The fourth-order valence-electron chi connectivity index (χ4n) is 1.89. The minimum absolute atomic E-state index is 0.130. The lowest BCUT2D eigenvalue weighted by atomic mass is 10.2. The maximum absolute atomic E-state index is 12.0. The van der Waals surface area contributed by atoms with Crippen molar-refractivity contribution in [1.29, 1.82) is 0 Å². The molecule has 1 atom stereocenters. The number of carbonyl (C=O) groups is 1. The maximum Gasteiger partial charge on any atom is 0.249 e. The number of carbonyl (C=O) groups excluding carboxylic acids is 1. The van der Waals surface area contributed by atoms with Gasteiger partial charge in [0.1, 0.15) is 6.10 Å². The molecule has 2 rings (SSSR count). The summed E-state index contributed by atoms with van der Waals surface area (Å²) in [5, 5.41) is 2.84. The lowest BCUT2D eigenvalue weighted by molar-refractivity contribution is -0.132. The number of hydrogen-bond acceptors (Lipinski definition) is 3. The number of ether oxygens (including phenoxy) is 1. The van der Waals surface area contributed by atoms with Gasteiger partial charge < -0.3 is 10.1 Å². The molecule has 2 aromatic rings. The third kappa shape index (κ3) is 5.00. The molecular weight excluding hydrogens is 264 g/mol. The molecule has 0 saturated heterocycles. The summed E-state index contributed by atoms with van der Waals surface area (Å²) in [6, 6.07) is 15.6. The Bertz CT molecular complexity index is 584. The van der Waals surface area contributed by atoms with E-state index in [1.807, 2.05) is 55.5 Å². The van der Waals surface area contributed by atoms with Crippen LogP contribution < -0.4 is 5.32 Å². The van der Waals surface area contributed by atoms with Crippen molar-refractivity contribution < 1.29 is 9.53 Å². The van der Waals surface area contributed by atoms with Gasteiger partial charge in [0.2, 0.25) is 5.91 Å². The van der Waals surface area contributed by atoms with Crippen molar-refractivity contribution in [1.82, 2.24) is 10.3 Å². The highest BCUT2D eigenvalue weighted by atomic mass is 16.5. The first-order valence-corrected chi connectivity index (χ1v) is 7.01. The summed E-state index contributed by atoms with van der Waals surface area (Å²) >= 11 is 0. The van der Waals surface area contributed by atoms with E-state index < -0.39 is 6.10 Å². The normalized spacial score (nSPS) is 11.9. The SMILES string of the molecule is Cc1cccc(CNC(=O)C(C)OCc2ccccc2)n1. The predicted molar refractivity (Wildman–Crippen MR) is 81.5 cm³/mol. The maximum atomic E-state index is 12.0. The van der Waals surface area contributed by atoms with Gasteiger partial charge >= 0.3 is 0 Å². The van der Waals surface area contributed by atoms with Gasteiger partial charge in [0, 0.05) is 5.69 Å². The van der Waals surface area contributed by atoms with Crippen molar-refractivity contribution in [2.24, 2.45) is 0 Å². The van der Waals surface area contributed by atoms with E-state index in [0.717, 1.165) is 17.0 Å². The van der Waals surface area contributed by atoms with Gasteiger partial charge in [-0.3, -0.25) is 9.78 Å². The summed E-state index contributed by atoms with van der Waals surface area (Å²) in [5.41, 5.74) is 2.84. The first kappa shape index (κ1) is 15.2. The van der Waals surface area contributed by atoms with Crippen LogP contribution in [0.3, 0.4) is 0 Å². The largest absolute Gasteiger partial charge is 0.364 e. The van der Waals surface area contributed by atoms with Crippen molar-refractivity contribution in [2.75, 3.05) is 0 Å². The first-order valence-electron chi connectivity index (χ1n) is 7.01. The Hall–Kier alpha value is -2.20. The molecule has 1 N–H and O–H groups in total. The van der Waals surface area contributed by atoms with Crippen LogP contribution in [0.5, 0.6) is 0 Å². The molecule has 1 unspecified atom stereocenters. The molecule has 0 radical (unpaired) electrons. The monoisotopic (exact) mass is 284 g/mol. The average molecular weight is 284 g/mol. The second kappa shape index (κ2) is 7.55. The average Bonchev–Trinajstić information content (AvgIpc) is 2.51. The van der Waals surface area contributed by atoms with E-state index in [4.69, 9.17) is 4.74 Å². The molecule has 0 bridgehead atoms. The van der Waals surface area contributed by atoms with Gasteiger partial charge in [-0.25, -0.2) is 0 Å². The van der Waals surface area contributed by atoms with Crippen LogP contribution >= 0.6 is 0 Å². The van der Waals surface area contributed by atoms with Crippen LogP contribution in [-0.4, -0.2) is 17.0 Å². The van der Waals surface area contributed by atoms with Gasteiger partial charge in [0.05, 0.1) is 18.8 Å². The summed E-state index contributed by atoms with van der Waals surface area (Å²) < 4.78 is 5.57. The van der Waals surface area contributed by atoms with Crippen molar-refractivity contribution in [2.45, 2.75) is 33.1 Å². The molecule has 0 aliphatic heterocycles. The minimum Gasteiger partial charge on any atom is -0.364 e. The Kier molecular flexibility index (Phi) is 5.46. The third-order valence-electron chi connectivity index (χ3n) is 3.10. The van der Waals surface area contributed by atoms with Crippen LogP contribution in [0.4, 0.5) is 0 Å². The summed E-state index contributed by atoms with van der Waals surface area (Å²) in [7, 11) is 0. The summed E-state index contributed by atoms with van der Waals surface area (Å²) in [5.74, 6) is -0.130. The molecule has 1 amide bonds. The van der Waals surface area contributed by atoms with Crippen molar-refractivity contribution >= 4 is 5.91 Å². The zero-order chi connectivity index (χ0) is 15.1. The fourth-order valence-corrected chi connectivity index (χ4v) is 1.89. The van der Waals surface area contributed by atoms with Crippen molar-refractivity contribution in [3.05, 3.63) is 65.5 Å². The molecule has 4 nitrogen and oxygen atoms in total. The topological polar surface area (TPSA) is 51.2 Å². The molecule has 1 heterocycles. The molecule has 4 heteroatoms. The molecular formula is C17H20N2O2. The lowest BCUT2D eigenvalue weighted by Crippen LogP contribution is -2.34. The minimum atomic E-state index is -0.491. The summed E-state index contributed by atoms with van der Waals surface area (Å²) in [6.45, 7) is 4.52. The van der Waals surface area contributed by atoms with E-state index in [-0.39, 0.29) is 5.91 Å². The highest BCUT2D eigenvalue weighted by Gasteiger charge is 2.13. The van der Waals surface area contributed by atoms with E-state index in [1.165, 1.54) is 0 Å². The number of amides is 1. The van der Waals surface area contributed by atoms with Gasteiger partial charge in [0.25, 0.3) is 0 Å². The second-order valence-electron chi connectivity index (χ2n) is 4.93. The zero-order valence-corrected chi connectivity index (χ0v) is 12.4. The smallest absolute Gasteiger partial charge is 0.249 e. The predicted octanol–water partition coefficient (Wildman–Crippen LogP) is 2.61. The van der Waals surface area contributed by atoms with Gasteiger partial charge in [-0.2, -0.15) is 0 Å². The number of rotatable bonds is 6. The second-order valence-corrected chi connectivity index (χ2v) is 4.93. The number of nitrogens with one attached hydrogen (secondary N) is 1. The first-order chi connectivity index (χ1) is 10.1. The number of nitrogens with zero attached hydrogens (tertiary/aromatic N) is 1. The van der Waals surface area contributed by atoms with Crippen LogP contribution in [0.1, 0.15) is 23.9 Å². The van der Waals surface area contributed by atoms with E-state index >= 15 is 0 Å². The Morgan fingerprint density at radius 1 is 1.19 bits per heavy atom. The molecule has 1 aromatic carbocycles. The Balaban J connectivity index is 1.77. The van der Waals surface area contributed by atoms with Gasteiger partial charge in [0.15, 0.2) is 0 Å². The van der Waals surface area contributed by atoms with Crippen molar-refractivity contribution in [3.63, 3.8) is 0 Å². The molecule has 0 aliphatic carbocycles. The molecule has 1 aromatic heterocycles. The molecule has 21 heavy (non-hydrogen) atoms. The standard InChI is InChI=1S/C17H20N2O2/c1-13-7-6-10-16(19-13)11-18-17(20)14(2)21-12-15-8-4-3-5-9-15/h3-10,14H,11-12H2,1-2H3,(H,18,20). The van der Waals surface area contributed by atoms with Crippen LogP contribution in [0.25, 0.3) is 0 Å². The number of aromatic nitrogens is 1. The van der Waals surface area contributed by atoms with E-state index in [1.54, 1.807) is 6.92 Å². The van der Waals surface area contributed by atoms with Crippen LogP contribution in [-0.2, 0) is 22.7 Å². The van der Waals surface area contributed by atoms with Gasteiger partial charge in [-0.15, -0.1) is 0 Å². The summed E-state index contributed by atoms with van der Waals surface area (Å²) in [6.07, 6.45) is -0.491. The molecule has 0 aliphatic rings. The quantitative estimate of drug-likeness (QED) is 0.887. The molecule has 0 fully saturated rings. The Morgan fingerprint density at radius 3 is 2.67 bits per heavy atom. The van der Waals surface area contributed by atoms with Gasteiger partial charge in [-0.1, -0.05) is 36.4 Å². The zero-order valence-electron chi connectivity index (χ0n) is 12.4. The number of benzene rings is 1. The highest BCUT2D eigenvalue weighted by molar-refractivity contribution is 5.80. The number of hydrogen-bond donors (Lipinski definition) is 1. The fraction of sp³-hybridized carbons (Fsp3) is 0.294. The van der Waals surface area contributed by atoms with Crippen molar-refractivity contribution in [3.8, 4) is 0 Å². The summed E-state index contributed by atoms with van der Waals surface area (Å²) in [4.78, 5) is 16.3. The molecule has 0 spiro atoms. The van der Waals surface area contributed by atoms with E-state index in [2.05, 4.69) is 10.3 Å². The molecule has 110 valence electrons. The Morgan fingerprint density at radius 2 is 1.95 bits per heavy atom. The molecule has 0 saturated carbocycles. The lowest BCUT2D eigenvalue weighted by Gasteiger charge is -2.13. The Labute approximate surface area is 125 Å². The van der Waals surface area contributed by atoms with E-state index in [9.17, 15) is 4.79 Å². The number of aryl methyl sites for hydroxylation is 1. The van der Waals surface area contributed by atoms with E-state index in [0.29, 0.717) is 13.2 Å². The number of pyridine rings is 1. The van der Waals surface area contributed by atoms with Gasteiger partial charge in [-0.05, 0) is 31.5 Å².